The zero-order chi connectivity index (χ0) is 19.2. The van der Waals surface area contributed by atoms with Crippen molar-refractivity contribution in [3.8, 4) is 5.75 Å². The summed E-state index contributed by atoms with van der Waals surface area (Å²) in [5.74, 6) is -0.556. The number of aryl methyl sites for hydroxylation is 1. The molecular weight excluding hydrogens is 342 g/mol. The number of carboxylic acid groups (broad SMARTS) is 1. The van der Waals surface area contributed by atoms with Crippen LogP contribution in [0, 0.1) is 5.92 Å². The summed E-state index contributed by atoms with van der Waals surface area (Å²) >= 11 is 0. The molecule has 2 aromatic carbocycles. The Morgan fingerprint density at radius 1 is 1.07 bits per heavy atom. The third kappa shape index (κ3) is 4.48. The molecule has 0 aromatic heterocycles. The lowest BCUT2D eigenvalue weighted by molar-refractivity contribution is -0.148. The largest absolute Gasteiger partial charge is 0.481 e. The van der Waals surface area contributed by atoms with Gasteiger partial charge in [0.15, 0.2) is 0 Å². The smallest absolute Gasteiger partial charge is 0.306 e. The van der Waals surface area contributed by atoms with Crippen LogP contribution >= 0.6 is 0 Å². The lowest BCUT2D eigenvalue weighted by Crippen LogP contribution is -2.43. The molecule has 0 spiro atoms. The first-order valence-corrected chi connectivity index (χ1v) is 9.41. The van der Waals surface area contributed by atoms with E-state index in [-0.39, 0.29) is 11.8 Å². The molecule has 27 heavy (non-hydrogen) atoms. The SMILES string of the molecule is CCc1ccccc1OC(C(=O)N1CCC(C(=O)O)CC1)c1ccccc1. The highest BCUT2D eigenvalue weighted by Gasteiger charge is 2.32. The number of rotatable bonds is 6. The Bertz CT molecular complexity index is 782. The fraction of sp³-hybridized carbons (Fsp3) is 0.364. The van der Waals surface area contributed by atoms with E-state index in [9.17, 15) is 14.7 Å². The van der Waals surface area contributed by atoms with Crippen LogP contribution in [0.25, 0.3) is 0 Å². The number of carbonyl (C=O) groups is 2. The van der Waals surface area contributed by atoms with Crippen molar-refractivity contribution in [3.05, 3.63) is 65.7 Å². The van der Waals surface area contributed by atoms with Crippen molar-refractivity contribution in [2.75, 3.05) is 13.1 Å². The van der Waals surface area contributed by atoms with E-state index in [1.165, 1.54) is 0 Å². The number of hydrogen-bond donors (Lipinski definition) is 1. The number of ether oxygens (including phenoxy) is 1. The maximum Gasteiger partial charge on any atom is 0.306 e. The number of carboxylic acids is 1. The first kappa shape index (κ1) is 19.0. The topological polar surface area (TPSA) is 66.8 Å². The summed E-state index contributed by atoms with van der Waals surface area (Å²) < 4.78 is 6.20. The molecule has 1 heterocycles. The van der Waals surface area contributed by atoms with Gasteiger partial charge in [-0.2, -0.15) is 0 Å². The van der Waals surface area contributed by atoms with Gasteiger partial charge in [-0.1, -0.05) is 55.5 Å². The fourth-order valence-electron chi connectivity index (χ4n) is 3.44. The van der Waals surface area contributed by atoms with Crippen LogP contribution in [-0.4, -0.2) is 35.0 Å². The second kappa shape index (κ2) is 8.71. The summed E-state index contributed by atoms with van der Waals surface area (Å²) in [5.41, 5.74) is 1.85. The monoisotopic (exact) mass is 367 g/mol. The van der Waals surface area contributed by atoms with Crippen LogP contribution in [0.1, 0.15) is 37.0 Å². The molecule has 5 nitrogen and oxygen atoms in total. The van der Waals surface area contributed by atoms with Crippen molar-refractivity contribution in [2.45, 2.75) is 32.3 Å². The van der Waals surface area contributed by atoms with Gasteiger partial charge in [0.1, 0.15) is 5.75 Å². The van der Waals surface area contributed by atoms with Crippen LogP contribution in [0.2, 0.25) is 0 Å². The Balaban J connectivity index is 1.82. The van der Waals surface area contributed by atoms with Crippen LogP contribution in [-0.2, 0) is 16.0 Å². The Hall–Kier alpha value is -2.82. The number of likely N-dealkylation sites (tertiary alicyclic amines) is 1. The molecule has 2 aromatic rings. The summed E-state index contributed by atoms with van der Waals surface area (Å²) in [5, 5.41) is 9.17. The van der Waals surface area contributed by atoms with Crippen molar-refractivity contribution in [3.63, 3.8) is 0 Å². The van der Waals surface area contributed by atoms with Crippen LogP contribution < -0.4 is 4.74 Å². The maximum absolute atomic E-state index is 13.2. The highest BCUT2D eigenvalue weighted by molar-refractivity contribution is 5.83. The highest BCUT2D eigenvalue weighted by atomic mass is 16.5. The van der Waals surface area contributed by atoms with Crippen LogP contribution in [0.15, 0.2) is 54.6 Å². The van der Waals surface area contributed by atoms with Gasteiger partial charge in [-0.15, -0.1) is 0 Å². The minimum Gasteiger partial charge on any atom is -0.481 e. The first-order chi connectivity index (χ1) is 13.1. The van der Waals surface area contributed by atoms with Gasteiger partial charge in [0.25, 0.3) is 5.91 Å². The molecule has 0 aliphatic carbocycles. The number of para-hydroxylation sites is 1. The average molecular weight is 367 g/mol. The first-order valence-electron chi connectivity index (χ1n) is 9.41. The van der Waals surface area contributed by atoms with E-state index in [0.29, 0.717) is 31.7 Å². The summed E-state index contributed by atoms with van der Waals surface area (Å²) in [6, 6.07) is 17.2. The Morgan fingerprint density at radius 2 is 1.70 bits per heavy atom. The second-order valence-electron chi connectivity index (χ2n) is 6.81. The Labute approximate surface area is 159 Å². The van der Waals surface area contributed by atoms with Crippen LogP contribution in [0.3, 0.4) is 0 Å². The molecule has 0 bridgehead atoms. The van der Waals surface area contributed by atoms with Gasteiger partial charge in [-0.3, -0.25) is 9.59 Å². The van der Waals surface area contributed by atoms with Gasteiger partial charge in [-0.05, 0) is 30.9 Å². The molecular formula is C22H25NO4. The van der Waals surface area contributed by atoms with Crippen molar-refractivity contribution in [1.29, 1.82) is 0 Å². The molecule has 5 heteroatoms. The number of hydrogen-bond acceptors (Lipinski definition) is 3. The van der Waals surface area contributed by atoms with E-state index in [2.05, 4.69) is 6.92 Å². The molecule has 3 rings (SSSR count). The molecule has 1 aliphatic heterocycles. The summed E-state index contributed by atoms with van der Waals surface area (Å²) in [4.78, 5) is 26.1. The van der Waals surface area contributed by atoms with E-state index >= 15 is 0 Å². The van der Waals surface area contributed by atoms with E-state index in [1.54, 1.807) is 4.90 Å². The Morgan fingerprint density at radius 3 is 2.33 bits per heavy atom. The Kier molecular flexibility index (Phi) is 6.12. The summed E-state index contributed by atoms with van der Waals surface area (Å²) in [6.45, 7) is 2.94. The van der Waals surface area contributed by atoms with E-state index in [4.69, 9.17) is 4.74 Å². The third-order valence-electron chi connectivity index (χ3n) is 5.08. The number of nitrogens with zero attached hydrogens (tertiary/aromatic N) is 1. The van der Waals surface area contributed by atoms with Crippen molar-refractivity contribution in [2.24, 2.45) is 5.92 Å². The normalized spacial score (nSPS) is 16.0. The van der Waals surface area contributed by atoms with Gasteiger partial charge >= 0.3 is 5.97 Å². The summed E-state index contributed by atoms with van der Waals surface area (Å²) in [7, 11) is 0. The zero-order valence-corrected chi connectivity index (χ0v) is 15.5. The molecule has 1 amide bonds. The molecule has 1 atom stereocenters. The van der Waals surface area contributed by atoms with Gasteiger partial charge in [-0.25, -0.2) is 0 Å². The van der Waals surface area contributed by atoms with Crippen LogP contribution in [0.5, 0.6) is 5.75 Å². The van der Waals surface area contributed by atoms with E-state index < -0.39 is 12.1 Å². The molecule has 0 radical (unpaired) electrons. The van der Waals surface area contributed by atoms with Crippen molar-refractivity contribution in [1.82, 2.24) is 4.90 Å². The number of amides is 1. The van der Waals surface area contributed by atoms with E-state index in [0.717, 1.165) is 17.5 Å². The fourth-order valence-corrected chi connectivity index (χ4v) is 3.44. The number of benzene rings is 2. The standard InChI is InChI=1S/C22H25NO4/c1-2-16-8-6-7-11-19(16)27-20(17-9-4-3-5-10-17)21(24)23-14-12-18(13-15-23)22(25)26/h3-11,18,20H,2,12-15H2,1H3,(H,25,26). The maximum atomic E-state index is 13.2. The highest BCUT2D eigenvalue weighted by Crippen LogP contribution is 2.29. The summed E-state index contributed by atoms with van der Waals surface area (Å²) in [6.07, 6.45) is 1.04. The van der Waals surface area contributed by atoms with Gasteiger partial charge in [0.05, 0.1) is 5.92 Å². The van der Waals surface area contributed by atoms with Crippen LogP contribution in [0.4, 0.5) is 0 Å². The molecule has 1 aliphatic rings. The predicted molar refractivity (Wildman–Crippen MR) is 103 cm³/mol. The predicted octanol–water partition coefficient (Wildman–Crippen LogP) is 3.69. The van der Waals surface area contributed by atoms with Crippen molar-refractivity contribution < 1.29 is 19.4 Å². The second-order valence-corrected chi connectivity index (χ2v) is 6.81. The number of piperidine rings is 1. The number of carbonyl (C=O) groups excluding carboxylic acids is 1. The van der Waals surface area contributed by atoms with Gasteiger partial charge < -0.3 is 14.7 Å². The van der Waals surface area contributed by atoms with E-state index in [1.807, 2.05) is 54.6 Å². The average Bonchev–Trinajstić information content (AvgIpc) is 2.72. The molecule has 1 N–H and O–H groups in total. The number of aliphatic carboxylic acids is 1. The van der Waals surface area contributed by atoms with Crippen molar-refractivity contribution >= 4 is 11.9 Å². The van der Waals surface area contributed by atoms with Gasteiger partial charge in [0.2, 0.25) is 6.10 Å². The molecule has 0 saturated carbocycles. The lowest BCUT2D eigenvalue weighted by atomic mass is 9.96. The van der Waals surface area contributed by atoms with Gasteiger partial charge in [0, 0.05) is 18.7 Å². The minimum absolute atomic E-state index is 0.115. The molecule has 1 fully saturated rings. The molecule has 142 valence electrons. The third-order valence-corrected chi connectivity index (χ3v) is 5.08. The molecule has 1 saturated heterocycles. The quantitative estimate of drug-likeness (QED) is 0.845. The molecule has 1 unspecified atom stereocenters. The minimum atomic E-state index is -0.783. The lowest BCUT2D eigenvalue weighted by Gasteiger charge is -2.33. The zero-order valence-electron chi connectivity index (χ0n) is 15.5.